The Balaban J connectivity index is 2.76. The minimum absolute atomic E-state index is 0.00793. The number of rotatable bonds is 9. The Morgan fingerprint density at radius 3 is 2.36 bits per heavy atom. The van der Waals surface area contributed by atoms with Crippen molar-refractivity contribution in [1.29, 1.82) is 0 Å². The molecule has 0 heterocycles. The molecule has 1 unspecified atom stereocenters. The lowest BCUT2D eigenvalue weighted by Gasteiger charge is -2.39. The van der Waals surface area contributed by atoms with Crippen molar-refractivity contribution in [3.05, 3.63) is 34.1 Å². The average molecular weight is 476 g/mol. The highest BCUT2D eigenvalue weighted by molar-refractivity contribution is 9.10. The van der Waals surface area contributed by atoms with Crippen molar-refractivity contribution in [3.8, 4) is 0 Å². The Hall–Kier alpha value is -0.723. The van der Waals surface area contributed by atoms with Crippen molar-refractivity contribution in [2.75, 3.05) is 13.7 Å². The number of ether oxygens (including phenoxy) is 1. The van der Waals surface area contributed by atoms with Crippen LogP contribution in [0.1, 0.15) is 65.4 Å². The summed E-state index contributed by atoms with van der Waals surface area (Å²) in [4.78, 5) is 12.3. The van der Waals surface area contributed by atoms with Crippen LogP contribution < -0.4 is 0 Å². The van der Waals surface area contributed by atoms with E-state index in [-0.39, 0.29) is 10.5 Å². The van der Waals surface area contributed by atoms with E-state index in [4.69, 9.17) is 9.16 Å². The van der Waals surface area contributed by atoms with Crippen LogP contribution in [-0.4, -0.2) is 28.0 Å². The average Bonchev–Trinajstić information content (AvgIpc) is 2.58. The molecule has 0 aliphatic carbocycles. The molecule has 0 radical (unpaired) electrons. The summed E-state index contributed by atoms with van der Waals surface area (Å²) in [5.74, 6) is -1.38. The molecule has 0 aromatic heterocycles. The Bertz CT molecular complexity index is 668. The molecule has 3 nitrogen and oxygen atoms in total. The van der Waals surface area contributed by atoms with E-state index >= 15 is 0 Å². The highest BCUT2D eigenvalue weighted by atomic mass is 79.9. The van der Waals surface area contributed by atoms with Gasteiger partial charge in [-0.25, -0.2) is 4.39 Å². The topological polar surface area (TPSA) is 35.5 Å². The maximum atomic E-state index is 14.5. The van der Waals surface area contributed by atoms with Crippen LogP contribution >= 0.6 is 15.9 Å². The SMILES string of the molecule is COC(=O)C(CCCC(C)(C)CO[Si](C)(C)C(C)(C)C)c1cccc(Br)c1F. The Morgan fingerprint density at radius 2 is 1.82 bits per heavy atom. The number of benzene rings is 1. The van der Waals surface area contributed by atoms with Gasteiger partial charge in [-0.05, 0) is 58.4 Å². The van der Waals surface area contributed by atoms with Crippen LogP contribution in [0.3, 0.4) is 0 Å². The molecule has 0 amide bonds. The van der Waals surface area contributed by atoms with Crippen molar-refractivity contribution in [2.45, 2.75) is 77.9 Å². The summed E-state index contributed by atoms with van der Waals surface area (Å²) in [7, 11) is -0.445. The van der Waals surface area contributed by atoms with Crippen molar-refractivity contribution in [1.82, 2.24) is 0 Å². The van der Waals surface area contributed by atoms with E-state index in [2.05, 4.69) is 63.6 Å². The fraction of sp³-hybridized carbons (Fsp3) is 0.682. The molecule has 28 heavy (non-hydrogen) atoms. The van der Waals surface area contributed by atoms with Gasteiger partial charge in [0.25, 0.3) is 0 Å². The lowest BCUT2D eigenvalue weighted by Crippen LogP contribution is -2.43. The molecule has 0 aliphatic heterocycles. The Labute approximate surface area is 179 Å². The van der Waals surface area contributed by atoms with Gasteiger partial charge in [0.2, 0.25) is 0 Å². The number of carbonyl (C=O) groups excluding carboxylic acids is 1. The molecule has 0 saturated heterocycles. The molecule has 1 atom stereocenters. The molecule has 0 N–H and O–H groups in total. The van der Waals surface area contributed by atoms with Crippen LogP contribution in [0.15, 0.2) is 22.7 Å². The Morgan fingerprint density at radius 1 is 1.21 bits per heavy atom. The fourth-order valence-corrected chi connectivity index (χ4v) is 4.35. The van der Waals surface area contributed by atoms with Gasteiger partial charge in [-0.1, -0.05) is 53.2 Å². The minimum Gasteiger partial charge on any atom is -0.469 e. The third-order valence-corrected chi connectivity index (χ3v) is 10.9. The highest BCUT2D eigenvalue weighted by Gasteiger charge is 2.38. The van der Waals surface area contributed by atoms with Crippen molar-refractivity contribution >= 4 is 30.2 Å². The molecular weight excluding hydrogens is 439 g/mol. The van der Waals surface area contributed by atoms with Crippen LogP contribution in [0.4, 0.5) is 4.39 Å². The molecule has 0 bridgehead atoms. The monoisotopic (exact) mass is 474 g/mol. The van der Waals surface area contributed by atoms with Crippen LogP contribution in [0.5, 0.6) is 0 Å². The number of halogens is 2. The van der Waals surface area contributed by atoms with Gasteiger partial charge in [-0.3, -0.25) is 4.79 Å². The fourth-order valence-electron chi connectivity index (χ4n) is 2.78. The van der Waals surface area contributed by atoms with E-state index in [1.54, 1.807) is 18.2 Å². The first-order valence-electron chi connectivity index (χ1n) is 9.87. The van der Waals surface area contributed by atoms with Gasteiger partial charge >= 0.3 is 5.97 Å². The molecular formula is C22H36BrFO3Si. The number of hydrogen-bond donors (Lipinski definition) is 0. The van der Waals surface area contributed by atoms with Crippen LogP contribution in [-0.2, 0) is 14.0 Å². The highest BCUT2D eigenvalue weighted by Crippen LogP contribution is 2.38. The number of carbonyl (C=O) groups is 1. The van der Waals surface area contributed by atoms with Gasteiger partial charge < -0.3 is 9.16 Å². The first-order chi connectivity index (χ1) is 12.7. The molecule has 0 fully saturated rings. The zero-order valence-electron chi connectivity index (χ0n) is 18.6. The smallest absolute Gasteiger partial charge is 0.313 e. The van der Waals surface area contributed by atoms with Gasteiger partial charge in [-0.2, -0.15) is 0 Å². The first-order valence-corrected chi connectivity index (χ1v) is 13.6. The van der Waals surface area contributed by atoms with Gasteiger partial charge in [0.15, 0.2) is 8.32 Å². The van der Waals surface area contributed by atoms with Gasteiger partial charge in [0.05, 0.1) is 17.5 Å². The predicted molar refractivity (Wildman–Crippen MR) is 120 cm³/mol. The zero-order valence-corrected chi connectivity index (χ0v) is 21.2. The molecule has 0 aliphatic rings. The molecule has 6 heteroatoms. The lowest BCUT2D eigenvalue weighted by atomic mass is 9.85. The summed E-state index contributed by atoms with van der Waals surface area (Å²) >= 11 is 3.20. The summed E-state index contributed by atoms with van der Waals surface area (Å²) < 4.78 is 26.2. The second kappa shape index (κ2) is 9.85. The minimum atomic E-state index is -1.79. The van der Waals surface area contributed by atoms with E-state index in [0.29, 0.717) is 23.1 Å². The molecule has 1 aromatic rings. The van der Waals surface area contributed by atoms with E-state index in [1.165, 1.54) is 7.11 Å². The summed E-state index contributed by atoms with van der Waals surface area (Å²) in [5.41, 5.74) is 0.378. The largest absolute Gasteiger partial charge is 0.469 e. The summed E-state index contributed by atoms with van der Waals surface area (Å²) in [6.45, 7) is 16.3. The van der Waals surface area contributed by atoms with Crippen LogP contribution in [0, 0.1) is 11.2 Å². The van der Waals surface area contributed by atoms with E-state index in [1.807, 2.05) is 0 Å². The zero-order chi connectivity index (χ0) is 21.8. The molecule has 0 saturated carbocycles. The summed E-state index contributed by atoms with van der Waals surface area (Å²) in [6.07, 6.45) is 2.23. The maximum Gasteiger partial charge on any atom is 0.313 e. The summed E-state index contributed by atoms with van der Waals surface area (Å²) in [6, 6.07) is 5.04. The number of esters is 1. The van der Waals surface area contributed by atoms with E-state index in [0.717, 1.165) is 12.8 Å². The second-order valence-electron chi connectivity index (χ2n) is 9.82. The van der Waals surface area contributed by atoms with Gasteiger partial charge in [0.1, 0.15) is 5.82 Å². The maximum absolute atomic E-state index is 14.5. The lowest BCUT2D eigenvalue weighted by molar-refractivity contribution is -0.142. The van der Waals surface area contributed by atoms with Crippen molar-refractivity contribution in [2.24, 2.45) is 5.41 Å². The summed E-state index contributed by atoms with van der Waals surface area (Å²) in [5, 5.41) is 0.178. The van der Waals surface area contributed by atoms with Gasteiger partial charge in [-0.15, -0.1) is 0 Å². The third kappa shape index (κ3) is 6.96. The Kier molecular flexibility index (Phi) is 8.91. The van der Waals surface area contributed by atoms with Crippen LogP contribution in [0.25, 0.3) is 0 Å². The molecule has 1 aromatic carbocycles. The molecule has 1 rings (SSSR count). The second-order valence-corrected chi connectivity index (χ2v) is 15.5. The standard InChI is InChI=1S/C22H36BrFO3Si/c1-21(2,3)28(7,8)27-15-22(4,5)14-10-12-17(20(25)26-6)16-11-9-13-18(23)19(16)24/h9,11,13,17H,10,12,14-15H2,1-8H3. The van der Waals surface area contributed by atoms with E-state index in [9.17, 15) is 9.18 Å². The van der Waals surface area contributed by atoms with Crippen LogP contribution in [0.2, 0.25) is 18.1 Å². The quantitative estimate of drug-likeness (QED) is 0.283. The van der Waals surface area contributed by atoms with E-state index < -0.39 is 26.0 Å². The van der Waals surface area contributed by atoms with Crippen molar-refractivity contribution in [3.63, 3.8) is 0 Å². The number of hydrogen-bond acceptors (Lipinski definition) is 3. The number of methoxy groups -OCH3 is 1. The van der Waals surface area contributed by atoms with Crippen molar-refractivity contribution < 1.29 is 18.3 Å². The normalized spacial score (nSPS) is 14.1. The van der Waals surface area contributed by atoms with Gasteiger partial charge in [0, 0.05) is 12.2 Å². The first kappa shape index (κ1) is 25.3. The molecule has 160 valence electrons. The predicted octanol–water partition coefficient (Wildman–Crippen LogP) is 7.06. The molecule has 0 spiro atoms. The third-order valence-electron chi connectivity index (χ3n) is 5.82.